The van der Waals surface area contributed by atoms with E-state index in [9.17, 15) is 9.18 Å². The number of pyridine rings is 1. The molecule has 0 unspecified atom stereocenters. The molecule has 0 fully saturated rings. The molecule has 34 heavy (non-hydrogen) atoms. The lowest BCUT2D eigenvalue weighted by Gasteiger charge is -2.00. The highest BCUT2D eigenvalue weighted by molar-refractivity contribution is 7.15. The molecule has 0 bridgehead atoms. The summed E-state index contributed by atoms with van der Waals surface area (Å²) in [5.41, 5.74) is 3.46. The summed E-state index contributed by atoms with van der Waals surface area (Å²) in [6.45, 7) is 0. The fourth-order valence-electron chi connectivity index (χ4n) is 3.63. The van der Waals surface area contributed by atoms with Crippen LogP contribution in [0.2, 0.25) is 0 Å². The summed E-state index contributed by atoms with van der Waals surface area (Å²) in [7, 11) is 0. The predicted molar refractivity (Wildman–Crippen MR) is 128 cm³/mol. The van der Waals surface area contributed by atoms with E-state index in [-0.39, 0.29) is 11.4 Å². The van der Waals surface area contributed by atoms with Gasteiger partial charge in [0.15, 0.2) is 5.82 Å². The van der Waals surface area contributed by atoms with E-state index in [1.54, 1.807) is 41.4 Å². The molecule has 164 valence electrons. The van der Waals surface area contributed by atoms with E-state index < -0.39 is 0 Å². The topological polar surface area (TPSA) is 78.0 Å². The number of hydrogen-bond acceptors (Lipinski definition) is 6. The van der Waals surface area contributed by atoms with Gasteiger partial charge < -0.3 is 0 Å². The average Bonchev–Trinajstić information content (AvgIpc) is 3.56. The number of rotatable bonds is 4. The van der Waals surface area contributed by atoms with Gasteiger partial charge in [-0.3, -0.25) is 9.78 Å². The molecule has 7 nitrogen and oxygen atoms in total. The molecule has 2 aromatic carbocycles. The molecule has 0 spiro atoms. The van der Waals surface area contributed by atoms with Crippen molar-refractivity contribution >= 4 is 22.4 Å². The van der Waals surface area contributed by atoms with Crippen LogP contribution >= 0.6 is 11.3 Å². The Kier molecular flexibility index (Phi) is 4.81. The Bertz CT molecular complexity index is 1720. The van der Waals surface area contributed by atoms with Crippen LogP contribution in [-0.4, -0.2) is 29.4 Å². The maximum Gasteiger partial charge on any atom is 0.291 e. The van der Waals surface area contributed by atoms with E-state index in [1.165, 1.54) is 28.0 Å². The summed E-state index contributed by atoms with van der Waals surface area (Å²) in [4.78, 5) is 22.2. The minimum atomic E-state index is -0.325. The number of fused-ring (bicyclic) bond motifs is 1. The van der Waals surface area contributed by atoms with Crippen LogP contribution < -0.4 is 10.1 Å². The highest BCUT2D eigenvalue weighted by Crippen LogP contribution is 2.25. The third kappa shape index (κ3) is 3.57. The van der Waals surface area contributed by atoms with E-state index in [1.807, 2.05) is 42.6 Å². The molecule has 0 aliphatic rings. The summed E-state index contributed by atoms with van der Waals surface area (Å²) in [5.74, 6) is 0.125. The maximum absolute atomic E-state index is 13.5. The molecule has 0 radical (unpaired) electrons. The minimum absolute atomic E-state index is 0.264. The van der Waals surface area contributed by atoms with Crippen molar-refractivity contribution in [1.29, 1.82) is 0 Å². The number of para-hydroxylation sites is 1. The second-order valence-electron chi connectivity index (χ2n) is 7.51. The lowest BCUT2D eigenvalue weighted by Crippen LogP contribution is -2.23. The third-order valence-electron chi connectivity index (χ3n) is 5.27. The van der Waals surface area contributed by atoms with Gasteiger partial charge in [-0.05, 0) is 54.6 Å². The molecule has 0 saturated heterocycles. The van der Waals surface area contributed by atoms with Crippen LogP contribution in [0.25, 0.3) is 39.4 Å². The number of thiazole rings is 1. The van der Waals surface area contributed by atoms with E-state index >= 15 is 0 Å². The van der Waals surface area contributed by atoms with E-state index in [2.05, 4.69) is 15.1 Å². The summed E-state index contributed by atoms with van der Waals surface area (Å²) in [5, 5.41) is 9.09. The first kappa shape index (κ1) is 20.1. The molecule has 6 aromatic rings. The molecule has 0 aliphatic carbocycles. The fraction of sp³-hybridized carbons (Fsp3) is 0. The van der Waals surface area contributed by atoms with Gasteiger partial charge in [-0.25, -0.2) is 9.07 Å². The van der Waals surface area contributed by atoms with Crippen LogP contribution in [0.5, 0.6) is 0 Å². The van der Waals surface area contributed by atoms with Crippen molar-refractivity contribution < 1.29 is 4.39 Å². The second-order valence-corrected chi connectivity index (χ2v) is 8.52. The molecular weight excluding hydrogens is 451 g/mol. The molecule has 4 aromatic heterocycles. The van der Waals surface area contributed by atoms with Crippen LogP contribution in [0.3, 0.4) is 0 Å². The van der Waals surface area contributed by atoms with Crippen molar-refractivity contribution in [2.45, 2.75) is 0 Å². The Hall–Kier alpha value is -4.50. The zero-order valence-corrected chi connectivity index (χ0v) is 18.4. The Morgan fingerprint density at radius 3 is 2.47 bits per heavy atom. The lowest BCUT2D eigenvalue weighted by atomic mass is 10.1. The summed E-state index contributed by atoms with van der Waals surface area (Å²) in [6.07, 6.45) is 6.95. The number of halogens is 1. The van der Waals surface area contributed by atoms with Crippen molar-refractivity contribution in [3.63, 3.8) is 0 Å². The van der Waals surface area contributed by atoms with Crippen LogP contribution in [-0.2, 0) is 0 Å². The molecule has 4 heterocycles. The highest BCUT2D eigenvalue weighted by atomic mass is 32.1. The Morgan fingerprint density at radius 2 is 1.74 bits per heavy atom. The number of aromatic nitrogens is 6. The van der Waals surface area contributed by atoms with Gasteiger partial charge in [0.25, 0.3) is 5.56 Å². The molecule has 0 atom stereocenters. The first-order valence-electron chi connectivity index (χ1n) is 10.4. The maximum atomic E-state index is 13.5. The molecule has 0 amide bonds. The standard InChI is InChI=1S/C25H15FN6OS/c26-19-10-8-16(9-11-19)22-18(15-31(29-22)20-6-2-1-3-7-20)13-21-24(33)32-25(34-21)28-23(30-32)17-5-4-12-27-14-17/h1-15H. The van der Waals surface area contributed by atoms with Gasteiger partial charge in [-0.1, -0.05) is 29.5 Å². The van der Waals surface area contributed by atoms with Crippen molar-refractivity contribution in [1.82, 2.24) is 29.4 Å². The van der Waals surface area contributed by atoms with Crippen LogP contribution in [0, 0.1) is 5.82 Å². The second kappa shape index (κ2) is 8.13. The summed E-state index contributed by atoms with van der Waals surface area (Å²) >= 11 is 1.25. The van der Waals surface area contributed by atoms with E-state index in [4.69, 9.17) is 5.10 Å². The van der Waals surface area contributed by atoms with Gasteiger partial charge in [0.05, 0.1) is 10.2 Å². The molecule has 0 saturated carbocycles. The van der Waals surface area contributed by atoms with Crippen LogP contribution in [0.1, 0.15) is 5.56 Å². The van der Waals surface area contributed by atoms with E-state index in [0.717, 1.165) is 22.4 Å². The Morgan fingerprint density at radius 1 is 0.912 bits per heavy atom. The van der Waals surface area contributed by atoms with Crippen LogP contribution in [0.4, 0.5) is 4.39 Å². The first-order chi connectivity index (χ1) is 16.7. The molecule has 9 heteroatoms. The smallest absolute Gasteiger partial charge is 0.266 e. The molecule has 0 N–H and O–H groups in total. The van der Waals surface area contributed by atoms with Gasteiger partial charge in [0.2, 0.25) is 4.96 Å². The van der Waals surface area contributed by atoms with Crippen molar-refractivity contribution in [3.8, 4) is 28.3 Å². The molecular formula is C25H15FN6OS. The quantitative estimate of drug-likeness (QED) is 0.395. The zero-order valence-electron chi connectivity index (χ0n) is 17.5. The van der Waals surface area contributed by atoms with Crippen molar-refractivity contribution in [2.75, 3.05) is 0 Å². The molecule has 6 rings (SSSR count). The van der Waals surface area contributed by atoms with Gasteiger partial charge in [0.1, 0.15) is 11.5 Å². The number of benzene rings is 2. The van der Waals surface area contributed by atoms with Gasteiger partial charge >= 0.3 is 0 Å². The lowest BCUT2D eigenvalue weighted by molar-refractivity contribution is 0.628. The first-order valence-corrected chi connectivity index (χ1v) is 11.2. The zero-order chi connectivity index (χ0) is 23.1. The minimum Gasteiger partial charge on any atom is -0.266 e. The molecule has 0 aliphatic heterocycles. The fourth-order valence-corrected chi connectivity index (χ4v) is 4.53. The van der Waals surface area contributed by atoms with Crippen molar-refractivity contribution in [3.05, 3.63) is 112 Å². The van der Waals surface area contributed by atoms with Crippen molar-refractivity contribution in [2.24, 2.45) is 0 Å². The normalized spacial score (nSPS) is 12.0. The highest BCUT2D eigenvalue weighted by Gasteiger charge is 2.15. The number of nitrogens with zero attached hydrogens (tertiary/aromatic N) is 6. The van der Waals surface area contributed by atoms with E-state index in [0.29, 0.717) is 21.0 Å². The van der Waals surface area contributed by atoms with Gasteiger partial charge in [-0.2, -0.15) is 14.6 Å². The van der Waals surface area contributed by atoms with Gasteiger partial charge in [-0.15, -0.1) is 5.10 Å². The Labute approximate surface area is 196 Å². The SMILES string of the molecule is O=c1c(=Cc2cn(-c3ccccc3)nc2-c2ccc(F)cc2)sc2nc(-c3cccnc3)nn12. The monoisotopic (exact) mass is 466 g/mol. The third-order valence-corrected chi connectivity index (χ3v) is 6.23. The predicted octanol–water partition coefficient (Wildman–Crippen LogP) is 3.75. The summed E-state index contributed by atoms with van der Waals surface area (Å²) < 4.78 is 17.0. The summed E-state index contributed by atoms with van der Waals surface area (Å²) in [6, 6.07) is 19.4. The largest absolute Gasteiger partial charge is 0.291 e. The van der Waals surface area contributed by atoms with Crippen LogP contribution in [0.15, 0.2) is 90.1 Å². The Balaban J connectivity index is 1.50. The average molecular weight is 467 g/mol. The van der Waals surface area contributed by atoms with Gasteiger partial charge in [0, 0.05) is 35.3 Å². The number of hydrogen-bond donors (Lipinski definition) is 0.